The Hall–Kier alpha value is -3.29. The Labute approximate surface area is 211 Å². The summed E-state index contributed by atoms with van der Waals surface area (Å²) in [6.07, 6.45) is -2.56. The number of nitriles is 1. The van der Waals surface area contributed by atoms with E-state index in [2.05, 4.69) is 0 Å². The molecule has 0 amide bonds. The van der Waals surface area contributed by atoms with Crippen LogP contribution in [0.3, 0.4) is 0 Å². The van der Waals surface area contributed by atoms with Crippen molar-refractivity contribution < 1.29 is 33.4 Å². The van der Waals surface area contributed by atoms with Gasteiger partial charge in [0.15, 0.2) is 24.1 Å². The van der Waals surface area contributed by atoms with Crippen molar-refractivity contribution in [2.24, 2.45) is 0 Å². The number of carbonyl (C=O) groups excluding carboxylic acids is 4. The van der Waals surface area contributed by atoms with Gasteiger partial charge in [0.25, 0.3) is 0 Å². The molecule has 0 aromatic heterocycles. The maximum atomic E-state index is 12.7. The lowest BCUT2D eigenvalue weighted by atomic mass is 10.0. The summed E-state index contributed by atoms with van der Waals surface area (Å²) in [5, 5.41) is 8.92. The summed E-state index contributed by atoms with van der Waals surface area (Å²) in [6.45, 7) is 3.76. The van der Waals surface area contributed by atoms with Gasteiger partial charge in [0.2, 0.25) is 0 Å². The molecule has 0 aliphatic carbocycles. The van der Waals surface area contributed by atoms with Gasteiger partial charge in [-0.25, -0.2) is 0 Å². The number of hydrogen-bond donors (Lipinski definition) is 0. The van der Waals surface area contributed by atoms with Gasteiger partial charge in [-0.05, 0) is 48.5 Å². The molecular weight excluding hydrogens is 490 g/mol. The highest BCUT2D eigenvalue weighted by molar-refractivity contribution is 8.17. The van der Waals surface area contributed by atoms with E-state index < -0.39 is 36.2 Å². The van der Waals surface area contributed by atoms with E-state index in [1.807, 2.05) is 6.07 Å². The monoisotopic (exact) mass is 513 g/mol. The lowest BCUT2D eigenvalue weighted by Crippen LogP contribution is -2.53. The summed E-state index contributed by atoms with van der Waals surface area (Å²) in [7, 11) is 0. The summed E-state index contributed by atoms with van der Waals surface area (Å²) >= 11 is 2.82. The number of carbonyl (C=O) groups is 4. The van der Waals surface area contributed by atoms with Gasteiger partial charge in [0.1, 0.15) is 0 Å². The van der Waals surface area contributed by atoms with Crippen LogP contribution in [0, 0.1) is 11.3 Å². The standard InChI is InChI=1S/C25H23NO7S2/c1-14(27)31-21-13-34-25(24(33-16(3)29)23(21)32-15(2)28)35-20-10-8-19(9-11-20)22(30)18-6-4-17(12-26)5-7-18/h4-11,21,23-25H,13H2,1-3H3/t21-,23+,24-,25+/m1/s1. The Morgan fingerprint density at radius 3 is 1.86 bits per heavy atom. The number of thioether (sulfide) groups is 2. The van der Waals surface area contributed by atoms with Gasteiger partial charge in [-0.1, -0.05) is 0 Å². The highest BCUT2D eigenvalue weighted by Crippen LogP contribution is 2.41. The fraction of sp³-hybridized carbons (Fsp3) is 0.320. The molecule has 1 aliphatic heterocycles. The topological polar surface area (TPSA) is 120 Å². The zero-order valence-corrected chi connectivity index (χ0v) is 20.9. The number of ketones is 1. The zero-order valence-electron chi connectivity index (χ0n) is 19.3. The molecule has 0 N–H and O–H groups in total. The van der Waals surface area contributed by atoms with Crippen LogP contribution in [-0.2, 0) is 28.6 Å². The van der Waals surface area contributed by atoms with Crippen molar-refractivity contribution in [2.75, 3.05) is 5.75 Å². The Bertz CT molecular complexity index is 1140. The molecule has 1 fully saturated rings. The summed E-state index contributed by atoms with van der Waals surface area (Å²) in [5.41, 5.74) is 1.44. The minimum Gasteiger partial charge on any atom is -0.458 e. The third kappa shape index (κ3) is 7.10. The molecule has 3 rings (SSSR count). The first kappa shape index (κ1) is 26.3. The van der Waals surface area contributed by atoms with Gasteiger partial charge in [0, 0.05) is 42.5 Å². The third-order valence-electron chi connectivity index (χ3n) is 4.95. The molecule has 35 heavy (non-hydrogen) atoms. The first-order valence-electron chi connectivity index (χ1n) is 10.6. The van der Waals surface area contributed by atoms with Gasteiger partial charge >= 0.3 is 17.9 Å². The molecule has 2 aromatic carbocycles. The molecule has 0 spiro atoms. The summed E-state index contributed by atoms with van der Waals surface area (Å²) < 4.78 is 15.9. The van der Waals surface area contributed by atoms with Gasteiger partial charge in [-0.15, -0.1) is 23.5 Å². The summed E-state index contributed by atoms with van der Waals surface area (Å²) in [4.78, 5) is 48.6. The highest BCUT2D eigenvalue weighted by atomic mass is 32.2. The predicted octanol–water partition coefficient (Wildman–Crippen LogP) is 3.75. The van der Waals surface area contributed by atoms with E-state index >= 15 is 0 Å². The Morgan fingerprint density at radius 1 is 0.829 bits per heavy atom. The van der Waals surface area contributed by atoms with Crippen molar-refractivity contribution in [3.8, 4) is 6.07 Å². The second-order valence-electron chi connectivity index (χ2n) is 7.66. The van der Waals surface area contributed by atoms with Crippen LogP contribution in [0.2, 0.25) is 0 Å². The third-order valence-corrected chi connectivity index (χ3v) is 7.81. The van der Waals surface area contributed by atoms with Crippen LogP contribution in [-0.4, -0.2) is 52.3 Å². The lowest BCUT2D eigenvalue weighted by Gasteiger charge is -2.39. The van der Waals surface area contributed by atoms with Gasteiger partial charge in [-0.3, -0.25) is 19.2 Å². The predicted molar refractivity (Wildman–Crippen MR) is 130 cm³/mol. The maximum absolute atomic E-state index is 12.7. The first-order valence-corrected chi connectivity index (χ1v) is 12.6. The fourth-order valence-corrected chi connectivity index (χ4v) is 6.28. The molecule has 8 nitrogen and oxygen atoms in total. The number of benzene rings is 2. The van der Waals surface area contributed by atoms with Crippen LogP contribution in [0.1, 0.15) is 42.3 Å². The van der Waals surface area contributed by atoms with Crippen molar-refractivity contribution in [2.45, 2.75) is 48.6 Å². The van der Waals surface area contributed by atoms with Crippen LogP contribution < -0.4 is 0 Å². The van der Waals surface area contributed by atoms with Crippen LogP contribution in [0.15, 0.2) is 53.4 Å². The summed E-state index contributed by atoms with van der Waals surface area (Å²) in [6, 6.07) is 15.4. The molecular formula is C25H23NO7S2. The molecule has 1 heterocycles. The Balaban J connectivity index is 1.78. The molecule has 1 saturated heterocycles. The van der Waals surface area contributed by atoms with Crippen LogP contribution in [0.5, 0.6) is 0 Å². The number of esters is 3. The van der Waals surface area contributed by atoms with E-state index in [0.29, 0.717) is 22.4 Å². The van der Waals surface area contributed by atoms with Crippen molar-refractivity contribution >= 4 is 47.2 Å². The molecule has 10 heteroatoms. The smallest absolute Gasteiger partial charge is 0.303 e. The average molecular weight is 514 g/mol. The van der Waals surface area contributed by atoms with Gasteiger partial charge < -0.3 is 14.2 Å². The largest absolute Gasteiger partial charge is 0.458 e. The van der Waals surface area contributed by atoms with E-state index in [9.17, 15) is 19.2 Å². The molecule has 1 aliphatic rings. The van der Waals surface area contributed by atoms with Crippen molar-refractivity contribution in [1.29, 1.82) is 5.26 Å². The zero-order chi connectivity index (χ0) is 25.5. The van der Waals surface area contributed by atoms with E-state index in [1.165, 1.54) is 44.3 Å². The van der Waals surface area contributed by atoms with E-state index in [1.54, 1.807) is 48.5 Å². The second-order valence-corrected chi connectivity index (χ2v) is 10.3. The van der Waals surface area contributed by atoms with Crippen molar-refractivity contribution in [1.82, 2.24) is 0 Å². The molecule has 182 valence electrons. The Kier molecular flexibility index (Phi) is 8.95. The minimum atomic E-state index is -0.948. The number of hydrogen-bond acceptors (Lipinski definition) is 10. The maximum Gasteiger partial charge on any atom is 0.303 e. The van der Waals surface area contributed by atoms with Gasteiger partial charge in [-0.2, -0.15) is 5.26 Å². The van der Waals surface area contributed by atoms with Crippen LogP contribution in [0.4, 0.5) is 0 Å². The molecule has 0 radical (unpaired) electrons. The second kappa shape index (κ2) is 11.9. The van der Waals surface area contributed by atoms with E-state index in [0.717, 1.165) is 4.90 Å². The molecule has 4 atom stereocenters. The quantitative estimate of drug-likeness (QED) is 0.307. The summed E-state index contributed by atoms with van der Waals surface area (Å²) in [5.74, 6) is -1.48. The van der Waals surface area contributed by atoms with Crippen molar-refractivity contribution in [3.05, 3.63) is 65.2 Å². The average Bonchev–Trinajstić information content (AvgIpc) is 2.82. The number of nitrogens with zero attached hydrogens (tertiary/aromatic N) is 1. The van der Waals surface area contributed by atoms with Gasteiger partial charge in [0.05, 0.1) is 16.2 Å². The highest BCUT2D eigenvalue weighted by Gasteiger charge is 2.46. The lowest BCUT2D eigenvalue weighted by molar-refractivity contribution is -0.180. The molecule has 0 bridgehead atoms. The number of ether oxygens (including phenoxy) is 3. The minimum absolute atomic E-state index is 0.171. The molecule has 0 saturated carbocycles. The SMILES string of the molecule is CC(=O)O[C@@H]1[C@@H](OC(C)=O)[C@H](Sc2ccc(C(=O)c3ccc(C#N)cc3)cc2)SC[C@H]1OC(C)=O. The normalized spacial score (nSPS) is 21.3. The fourth-order valence-electron chi connectivity index (χ4n) is 3.49. The van der Waals surface area contributed by atoms with Crippen LogP contribution >= 0.6 is 23.5 Å². The van der Waals surface area contributed by atoms with Crippen LogP contribution in [0.25, 0.3) is 0 Å². The Morgan fingerprint density at radius 2 is 1.34 bits per heavy atom. The van der Waals surface area contributed by atoms with E-state index in [4.69, 9.17) is 19.5 Å². The number of rotatable bonds is 7. The van der Waals surface area contributed by atoms with Crippen molar-refractivity contribution in [3.63, 3.8) is 0 Å². The molecule has 0 unspecified atom stereocenters. The first-order chi connectivity index (χ1) is 16.7. The van der Waals surface area contributed by atoms with E-state index in [-0.39, 0.29) is 10.4 Å². The molecule has 2 aromatic rings.